The maximum Gasteiger partial charge on any atom is 0.137 e. The Hall–Kier alpha value is -3.87. The average Bonchev–Trinajstić information content (AvgIpc) is 3.41. The highest BCUT2D eigenvalue weighted by molar-refractivity contribution is 5.94. The van der Waals surface area contributed by atoms with Crippen LogP contribution in [0.5, 0.6) is 0 Å². The quantitative estimate of drug-likeness (QED) is 0.499. The van der Waals surface area contributed by atoms with E-state index in [4.69, 9.17) is 0 Å². The first-order valence-corrected chi connectivity index (χ1v) is 9.53. The van der Waals surface area contributed by atoms with Crippen LogP contribution >= 0.6 is 0 Å². The van der Waals surface area contributed by atoms with E-state index in [2.05, 4.69) is 55.4 Å². The molecule has 0 bridgehead atoms. The number of benzene rings is 1. The van der Waals surface area contributed by atoms with Crippen molar-refractivity contribution in [1.82, 2.24) is 34.9 Å². The summed E-state index contributed by atoms with van der Waals surface area (Å²) in [6.45, 7) is 2.76. The highest BCUT2D eigenvalue weighted by atomic mass is 15.4. The van der Waals surface area contributed by atoms with Gasteiger partial charge in [-0.3, -0.25) is 0 Å². The first-order chi connectivity index (χ1) is 14.3. The van der Waals surface area contributed by atoms with E-state index in [-0.39, 0.29) is 0 Å². The van der Waals surface area contributed by atoms with E-state index in [1.54, 1.807) is 6.33 Å². The van der Waals surface area contributed by atoms with Gasteiger partial charge in [0.05, 0.1) is 18.4 Å². The van der Waals surface area contributed by atoms with Crippen molar-refractivity contribution in [2.24, 2.45) is 0 Å². The lowest BCUT2D eigenvalue weighted by molar-refractivity contribution is 0.650. The van der Waals surface area contributed by atoms with Gasteiger partial charge in [-0.2, -0.15) is 0 Å². The molecule has 0 radical (unpaired) electrons. The lowest BCUT2D eigenvalue weighted by Gasteiger charge is -2.02. The molecule has 1 aromatic carbocycles. The molecule has 0 saturated carbocycles. The minimum atomic E-state index is 0.680. The van der Waals surface area contributed by atoms with Crippen molar-refractivity contribution in [3.63, 3.8) is 0 Å². The summed E-state index contributed by atoms with van der Waals surface area (Å²) in [5.74, 6) is 0. The fourth-order valence-corrected chi connectivity index (χ4v) is 3.37. The predicted molar refractivity (Wildman–Crippen MR) is 111 cm³/mol. The van der Waals surface area contributed by atoms with Gasteiger partial charge >= 0.3 is 0 Å². The normalized spacial score (nSPS) is 11.2. The Morgan fingerprint density at radius 1 is 1.00 bits per heavy atom. The van der Waals surface area contributed by atoms with Crippen LogP contribution < -0.4 is 0 Å². The van der Waals surface area contributed by atoms with E-state index >= 15 is 0 Å². The van der Waals surface area contributed by atoms with E-state index < -0.39 is 0 Å². The van der Waals surface area contributed by atoms with E-state index in [1.165, 1.54) is 5.56 Å². The highest BCUT2D eigenvalue weighted by Crippen LogP contribution is 2.29. The highest BCUT2D eigenvalue weighted by Gasteiger charge is 2.12. The Morgan fingerprint density at radius 3 is 2.76 bits per heavy atom. The van der Waals surface area contributed by atoms with E-state index in [0.717, 1.165) is 45.7 Å². The Morgan fingerprint density at radius 2 is 1.90 bits per heavy atom. The van der Waals surface area contributed by atoms with Crippen molar-refractivity contribution >= 4 is 11.0 Å². The largest absolute Gasteiger partial charge is 0.345 e. The smallest absolute Gasteiger partial charge is 0.137 e. The summed E-state index contributed by atoms with van der Waals surface area (Å²) in [5.41, 5.74) is 6.61. The number of hydrogen-bond acceptors (Lipinski definition) is 5. The minimum Gasteiger partial charge on any atom is -0.345 e. The molecule has 0 spiro atoms. The molecule has 5 aromatic rings. The molecule has 0 atom stereocenters. The second-order valence-corrected chi connectivity index (χ2v) is 6.86. The SMILES string of the molecule is CCc1cc(-c2c[nH]c3ncc(-c4cn(Cc5ccccc5)nn4)cc23)ncn1. The van der Waals surface area contributed by atoms with Crippen molar-refractivity contribution in [2.45, 2.75) is 19.9 Å². The van der Waals surface area contributed by atoms with E-state index in [1.807, 2.05) is 47.5 Å². The van der Waals surface area contributed by atoms with Crippen LogP contribution in [0.25, 0.3) is 33.5 Å². The summed E-state index contributed by atoms with van der Waals surface area (Å²) < 4.78 is 1.84. The summed E-state index contributed by atoms with van der Waals surface area (Å²) in [6.07, 6.45) is 8.18. The molecule has 4 heterocycles. The molecule has 4 aromatic heterocycles. The zero-order valence-corrected chi connectivity index (χ0v) is 15.9. The van der Waals surface area contributed by atoms with Crippen molar-refractivity contribution in [1.29, 1.82) is 0 Å². The molecule has 0 fully saturated rings. The molecule has 7 heteroatoms. The number of nitrogens with one attached hydrogen (secondary N) is 1. The third kappa shape index (κ3) is 3.38. The number of pyridine rings is 1. The van der Waals surface area contributed by atoms with E-state index in [0.29, 0.717) is 6.54 Å². The summed E-state index contributed by atoms with van der Waals surface area (Å²) in [7, 11) is 0. The molecule has 1 N–H and O–H groups in total. The van der Waals surface area contributed by atoms with Crippen LogP contribution in [0.1, 0.15) is 18.2 Å². The lowest BCUT2D eigenvalue weighted by atomic mass is 10.1. The molecule has 7 nitrogen and oxygen atoms in total. The standard InChI is InChI=1S/C22H19N7/c1-2-17-9-20(26-14-25-17)19-11-24-22-18(19)8-16(10-23-22)21-13-29(28-27-21)12-15-6-4-3-5-7-15/h3-11,13-14H,2,12H2,1H3,(H,23,24). The van der Waals surface area contributed by atoms with Gasteiger partial charge in [-0.15, -0.1) is 5.10 Å². The number of aryl methyl sites for hydroxylation is 1. The Bertz CT molecular complexity index is 1270. The van der Waals surface area contributed by atoms with Gasteiger partial charge in [-0.1, -0.05) is 42.5 Å². The van der Waals surface area contributed by atoms with Crippen LogP contribution in [0.4, 0.5) is 0 Å². The van der Waals surface area contributed by atoms with Gasteiger partial charge in [-0.05, 0) is 24.1 Å². The molecule has 29 heavy (non-hydrogen) atoms. The second kappa shape index (κ2) is 7.27. The molecule has 5 rings (SSSR count). The summed E-state index contributed by atoms with van der Waals surface area (Å²) in [4.78, 5) is 16.5. The first-order valence-electron chi connectivity index (χ1n) is 9.53. The van der Waals surface area contributed by atoms with Crippen LogP contribution in [0, 0.1) is 0 Å². The van der Waals surface area contributed by atoms with Gasteiger partial charge in [0.2, 0.25) is 0 Å². The molecular formula is C22H19N7. The number of aromatic amines is 1. The van der Waals surface area contributed by atoms with Gasteiger partial charge in [0.25, 0.3) is 0 Å². The van der Waals surface area contributed by atoms with Crippen molar-refractivity contribution < 1.29 is 0 Å². The van der Waals surface area contributed by atoms with Crippen LogP contribution in [-0.4, -0.2) is 34.9 Å². The zero-order valence-electron chi connectivity index (χ0n) is 15.9. The van der Waals surface area contributed by atoms with Crippen molar-refractivity contribution in [2.75, 3.05) is 0 Å². The number of fused-ring (bicyclic) bond motifs is 1. The van der Waals surface area contributed by atoms with Gasteiger partial charge in [0.1, 0.15) is 17.7 Å². The fraction of sp³-hybridized carbons (Fsp3) is 0.136. The second-order valence-electron chi connectivity index (χ2n) is 6.86. The molecule has 0 amide bonds. The average molecular weight is 381 g/mol. The number of rotatable bonds is 5. The third-order valence-corrected chi connectivity index (χ3v) is 4.91. The Kier molecular flexibility index (Phi) is 4.32. The minimum absolute atomic E-state index is 0.680. The maximum absolute atomic E-state index is 4.56. The van der Waals surface area contributed by atoms with Gasteiger partial charge in [0, 0.05) is 34.6 Å². The van der Waals surface area contributed by atoms with Gasteiger partial charge < -0.3 is 4.98 Å². The number of aromatic nitrogens is 7. The molecule has 0 saturated heterocycles. The molecular weight excluding hydrogens is 362 g/mol. The van der Waals surface area contributed by atoms with E-state index in [9.17, 15) is 0 Å². The molecule has 0 aliphatic rings. The summed E-state index contributed by atoms with van der Waals surface area (Å²) in [5, 5.41) is 9.61. The Balaban J connectivity index is 1.50. The number of H-pyrrole nitrogens is 1. The summed E-state index contributed by atoms with van der Waals surface area (Å²) >= 11 is 0. The molecule has 0 unspecified atom stereocenters. The lowest BCUT2D eigenvalue weighted by Crippen LogP contribution is -1.99. The maximum atomic E-state index is 4.56. The van der Waals surface area contributed by atoms with Crippen LogP contribution in [-0.2, 0) is 13.0 Å². The third-order valence-electron chi connectivity index (χ3n) is 4.91. The van der Waals surface area contributed by atoms with Crippen molar-refractivity contribution in [3.8, 4) is 22.5 Å². The van der Waals surface area contributed by atoms with Crippen LogP contribution in [0.2, 0.25) is 0 Å². The first kappa shape index (κ1) is 17.2. The van der Waals surface area contributed by atoms with Gasteiger partial charge in [0.15, 0.2) is 0 Å². The fourth-order valence-electron chi connectivity index (χ4n) is 3.37. The topological polar surface area (TPSA) is 85.2 Å². The van der Waals surface area contributed by atoms with Gasteiger partial charge in [-0.25, -0.2) is 19.6 Å². The number of nitrogens with zero attached hydrogens (tertiary/aromatic N) is 6. The molecule has 0 aliphatic carbocycles. The summed E-state index contributed by atoms with van der Waals surface area (Å²) in [6, 6.07) is 14.3. The molecule has 142 valence electrons. The Labute approximate surface area is 167 Å². The monoisotopic (exact) mass is 381 g/mol. The molecule has 0 aliphatic heterocycles. The van der Waals surface area contributed by atoms with Crippen LogP contribution in [0.3, 0.4) is 0 Å². The van der Waals surface area contributed by atoms with Crippen molar-refractivity contribution in [3.05, 3.63) is 78.6 Å². The number of hydrogen-bond donors (Lipinski definition) is 1. The zero-order chi connectivity index (χ0) is 19.6. The van der Waals surface area contributed by atoms with Crippen LogP contribution in [0.15, 0.2) is 67.4 Å². The predicted octanol–water partition coefficient (Wildman–Crippen LogP) is 3.89.